The first-order chi connectivity index (χ1) is 12.6. The van der Waals surface area contributed by atoms with Crippen molar-refractivity contribution in [3.05, 3.63) is 58.6 Å². The van der Waals surface area contributed by atoms with E-state index in [0.717, 1.165) is 28.9 Å². The summed E-state index contributed by atoms with van der Waals surface area (Å²) in [5.74, 6) is 0. The van der Waals surface area contributed by atoms with Gasteiger partial charge >= 0.3 is 0 Å². The Morgan fingerprint density at radius 3 is 2.30 bits per heavy atom. The summed E-state index contributed by atoms with van der Waals surface area (Å²) in [7, 11) is -1.87. The number of benzene rings is 2. The molecule has 8 heteroatoms. The molecule has 0 N–H and O–H groups in total. The van der Waals surface area contributed by atoms with Crippen LogP contribution in [0.25, 0.3) is 0 Å². The third kappa shape index (κ3) is 5.72. The smallest absolute Gasteiger partial charge is 0.253 e. The summed E-state index contributed by atoms with van der Waals surface area (Å²) < 4.78 is 29.1. The monoisotopic (exact) mass is 425 g/mol. The fourth-order valence-electron chi connectivity index (χ4n) is 2.29. The fraction of sp³-hybridized carbons (Fsp3) is 0.316. The highest BCUT2D eigenvalue weighted by atomic mass is 35.5. The van der Waals surface area contributed by atoms with E-state index >= 15 is 0 Å². The Morgan fingerprint density at radius 2 is 1.74 bits per heavy atom. The van der Waals surface area contributed by atoms with E-state index in [1.807, 2.05) is 39.8 Å². The van der Waals surface area contributed by atoms with Crippen molar-refractivity contribution < 1.29 is 8.42 Å². The molecule has 0 aliphatic heterocycles. The molecular weight excluding hydrogens is 402 g/mol. The first-order valence-corrected chi connectivity index (χ1v) is 11.0. The van der Waals surface area contributed by atoms with E-state index in [1.165, 1.54) is 3.71 Å². The number of hydrogen-bond acceptors (Lipinski definition) is 4. The molecule has 0 aliphatic carbocycles. The lowest BCUT2D eigenvalue weighted by Gasteiger charge is -2.27. The van der Waals surface area contributed by atoms with E-state index in [0.29, 0.717) is 5.02 Å². The molecule has 0 aliphatic rings. The first-order valence-electron chi connectivity index (χ1n) is 8.43. The molecule has 0 atom stereocenters. The van der Waals surface area contributed by atoms with Crippen LogP contribution in [0.2, 0.25) is 5.02 Å². The molecule has 2 rings (SSSR count). The first kappa shape index (κ1) is 21.8. The van der Waals surface area contributed by atoms with E-state index in [1.54, 1.807) is 48.0 Å². The normalized spacial score (nSPS) is 12.3. The van der Waals surface area contributed by atoms with Crippen molar-refractivity contribution >= 4 is 45.8 Å². The molecule has 0 fully saturated rings. The molecule has 2 aromatic rings. The molecule has 2 aromatic carbocycles. The molecule has 27 heavy (non-hydrogen) atoms. The maximum Gasteiger partial charge on any atom is 0.253 e. The van der Waals surface area contributed by atoms with Gasteiger partial charge in [-0.15, -0.1) is 3.71 Å². The Hall–Kier alpha value is -1.54. The van der Waals surface area contributed by atoms with Crippen LogP contribution in [0, 0.1) is 13.8 Å². The zero-order chi connectivity index (χ0) is 20.2. The topological polar surface area (TPSA) is 53.0 Å². The second kappa shape index (κ2) is 9.10. The van der Waals surface area contributed by atoms with Crippen molar-refractivity contribution in [2.45, 2.75) is 38.6 Å². The van der Waals surface area contributed by atoms with Crippen molar-refractivity contribution in [2.75, 3.05) is 7.05 Å². The lowest BCUT2D eigenvalue weighted by molar-refractivity contribution is 0.495. The van der Waals surface area contributed by atoms with Crippen LogP contribution in [0.15, 0.2) is 52.4 Å². The summed E-state index contributed by atoms with van der Waals surface area (Å²) in [6.07, 6.45) is 1.60. The minimum absolute atomic E-state index is 0.227. The molecule has 146 valence electrons. The van der Waals surface area contributed by atoms with Crippen molar-refractivity contribution in [3.63, 3.8) is 0 Å². The summed E-state index contributed by atoms with van der Waals surface area (Å²) in [4.78, 5) is 4.70. The van der Waals surface area contributed by atoms with Gasteiger partial charge < -0.3 is 0 Å². The Labute approximate surface area is 171 Å². The molecule has 0 unspecified atom stereocenters. The number of nitrogens with zero attached hydrogens (tertiary/aromatic N) is 3. The van der Waals surface area contributed by atoms with Gasteiger partial charge in [0.15, 0.2) is 0 Å². The SMILES string of the molecule is Cc1ccc(S(=O)(=O)N(SN(C)/C=N/c2ccc(Cl)cc2C)C(C)C)cc1. The number of aryl methyl sites for hydroxylation is 2. The summed E-state index contributed by atoms with van der Waals surface area (Å²) in [6, 6.07) is 12.1. The zero-order valence-electron chi connectivity index (χ0n) is 16.0. The molecule has 0 spiro atoms. The average Bonchev–Trinajstić information content (AvgIpc) is 2.59. The number of sulfonamides is 1. The van der Waals surface area contributed by atoms with Gasteiger partial charge in [0.25, 0.3) is 10.0 Å². The highest BCUT2D eigenvalue weighted by molar-refractivity contribution is 8.07. The molecule has 0 saturated heterocycles. The number of halogens is 1. The molecule has 0 amide bonds. The Morgan fingerprint density at radius 1 is 1.11 bits per heavy atom. The van der Waals surface area contributed by atoms with Gasteiger partial charge in [0, 0.05) is 18.1 Å². The third-order valence-electron chi connectivity index (χ3n) is 3.70. The second-order valence-corrected chi connectivity index (χ2v) is 10.1. The molecule has 0 aromatic heterocycles. The van der Waals surface area contributed by atoms with Crippen molar-refractivity contribution in [1.82, 2.24) is 8.02 Å². The molecule has 0 saturated carbocycles. The van der Waals surface area contributed by atoms with Gasteiger partial charge in [0.1, 0.15) is 6.34 Å². The van der Waals surface area contributed by atoms with Gasteiger partial charge in [-0.3, -0.25) is 4.31 Å². The fourth-order valence-corrected chi connectivity index (χ4v) is 5.21. The van der Waals surface area contributed by atoms with Gasteiger partial charge in [-0.2, -0.15) is 0 Å². The highest BCUT2D eigenvalue weighted by Gasteiger charge is 2.29. The Kier molecular flexibility index (Phi) is 7.33. The second-order valence-electron chi connectivity index (χ2n) is 6.47. The summed E-state index contributed by atoms with van der Waals surface area (Å²) in [5.41, 5.74) is 2.75. The third-order valence-corrected chi connectivity index (χ3v) is 7.43. The molecule has 0 radical (unpaired) electrons. The minimum atomic E-state index is -3.63. The van der Waals surface area contributed by atoms with E-state index in [-0.39, 0.29) is 10.9 Å². The molecule has 5 nitrogen and oxygen atoms in total. The van der Waals surface area contributed by atoms with Gasteiger partial charge in [-0.05, 0) is 63.6 Å². The van der Waals surface area contributed by atoms with Gasteiger partial charge in [0.2, 0.25) is 0 Å². The van der Waals surface area contributed by atoms with E-state index in [4.69, 9.17) is 11.6 Å². The molecule has 0 bridgehead atoms. The van der Waals surface area contributed by atoms with Gasteiger partial charge in [-0.1, -0.05) is 29.3 Å². The molecular formula is C19H24ClN3O2S2. The van der Waals surface area contributed by atoms with Crippen molar-refractivity contribution in [1.29, 1.82) is 0 Å². The van der Waals surface area contributed by atoms with Crippen LogP contribution in [-0.4, -0.2) is 35.9 Å². The average molecular weight is 426 g/mol. The summed E-state index contributed by atoms with van der Waals surface area (Å²) >= 11 is 7.05. The number of rotatable bonds is 7. The quantitative estimate of drug-likeness (QED) is 0.347. The van der Waals surface area contributed by atoms with E-state index in [9.17, 15) is 8.42 Å². The largest absolute Gasteiger partial charge is 0.296 e. The Bertz CT molecular complexity index is 913. The standard InChI is InChI=1S/C19H24ClN3O2S2/c1-14(2)23(27(24,25)18-9-6-15(3)7-10-18)26-22(5)13-21-19-11-8-17(20)12-16(19)4/h6-14H,1-5H3/b21-13+. The van der Waals surface area contributed by atoms with Crippen molar-refractivity contribution in [3.8, 4) is 0 Å². The summed E-state index contributed by atoms with van der Waals surface area (Å²) in [6.45, 7) is 7.53. The van der Waals surface area contributed by atoms with E-state index in [2.05, 4.69) is 4.99 Å². The zero-order valence-corrected chi connectivity index (χ0v) is 18.4. The number of hydrogen-bond donors (Lipinski definition) is 0. The maximum absolute atomic E-state index is 13.0. The van der Waals surface area contributed by atoms with Crippen LogP contribution in [-0.2, 0) is 10.0 Å². The predicted octanol–water partition coefficient (Wildman–Crippen LogP) is 5.21. The van der Waals surface area contributed by atoms with Gasteiger partial charge in [0.05, 0.1) is 22.7 Å². The minimum Gasteiger partial charge on any atom is -0.296 e. The van der Waals surface area contributed by atoms with Crippen LogP contribution in [0.3, 0.4) is 0 Å². The maximum atomic E-state index is 13.0. The van der Waals surface area contributed by atoms with Crippen LogP contribution in [0.4, 0.5) is 5.69 Å². The lowest BCUT2D eigenvalue weighted by Crippen LogP contribution is -2.34. The lowest BCUT2D eigenvalue weighted by atomic mass is 10.2. The van der Waals surface area contributed by atoms with Crippen LogP contribution in [0.5, 0.6) is 0 Å². The Balaban J connectivity index is 2.19. The predicted molar refractivity (Wildman–Crippen MR) is 115 cm³/mol. The van der Waals surface area contributed by atoms with Crippen LogP contribution < -0.4 is 0 Å². The summed E-state index contributed by atoms with van der Waals surface area (Å²) in [5, 5.41) is 0.657. The van der Waals surface area contributed by atoms with Crippen LogP contribution in [0.1, 0.15) is 25.0 Å². The van der Waals surface area contributed by atoms with E-state index < -0.39 is 10.0 Å². The molecule has 0 heterocycles. The van der Waals surface area contributed by atoms with Crippen molar-refractivity contribution in [2.24, 2.45) is 4.99 Å². The highest BCUT2D eigenvalue weighted by Crippen LogP contribution is 2.28. The van der Waals surface area contributed by atoms with Crippen LogP contribution >= 0.6 is 23.7 Å². The number of aliphatic imine (C=N–C) groups is 1. The van der Waals surface area contributed by atoms with Gasteiger partial charge in [-0.25, -0.2) is 13.4 Å².